The first kappa shape index (κ1) is 19.2. The average Bonchev–Trinajstić information content (AvgIpc) is 2.60. The predicted octanol–water partition coefficient (Wildman–Crippen LogP) is 3.10. The highest BCUT2D eigenvalue weighted by atomic mass is 32.1. The van der Waals surface area contributed by atoms with Crippen molar-refractivity contribution in [2.24, 2.45) is 5.92 Å². The molecular formula is C19H30N2O2S. The van der Waals surface area contributed by atoms with Crippen LogP contribution in [-0.2, 0) is 4.74 Å². The first-order chi connectivity index (χ1) is 11.6. The number of morpholine rings is 1. The van der Waals surface area contributed by atoms with Gasteiger partial charge in [-0.3, -0.25) is 4.90 Å². The van der Waals surface area contributed by atoms with Gasteiger partial charge in [-0.15, -0.1) is 0 Å². The van der Waals surface area contributed by atoms with Crippen LogP contribution in [0.25, 0.3) is 0 Å². The molecule has 1 fully saturated rings. The molecule has 1 aliphatic rings. The van der Waals surface area contributed by atoms with Crippen LogP contribution in [0.15, 0.2) is 24.3 Å². The van der Waals surface area contributed by atoms with E-state index in [1.807, 2.05) is 24.3 Å². The van der Waals surface area contributed by atoms with Crippen LogP contribution in [0.3, 0.4) is 0 Å². The van der Waals surface area contributed by atoms with Gasteiger partial charge in [0.25, 0.3) is 0 Å². The zero-order chi connectivity index (χ0) is 17.2. The quantitative estimate of drug-likeness (QED) is 0.547. The summed E-state index contributed by atoms with van der Waals surface area (Å²) in [7, 11) is 0. The van der Waals surface area contributed by atoms with E-state index in [2.05, 4.69) is 24.1 Å². The molecule has 1 saturated heterocycles. The molecule has 0 spiro atoms. The second kappa shape index (κ2) is 10.6. The highest BCUT2D eigenvalue weighted by Crippen LogP contribution is 2.13. The standard InChI is InChI=1S/C19H30N2O2S/c1-16(2)8-13-23-18-6-4-17(5-7-18)19(24)20-9-3-10-21-11-14-22-15-12-21/h4-7,16H,3,8-15H2,1-2H3,(H,20,24). The monoisotopic (exact) mass is 350 g/mol. The van der Waals surface area contributed by atoms with Gasteiger partial charge in [-0.2, -0.15) is 0 Å². The van der Waals surface area contributed by atoms with Gasteiger partial charge < -0.3 is 14.8 Å². The third-order valence-corrected chi connectivity index (χ3v) is 4.50. The minimum Gasteiger partial charge on any atom is -0.494 e. The smallest absolute Gasteiger partial charge is 0.119 e. The van der Waals surface area contributed by atoms with Crippen LogP contribution in [0.2, 0.25) is 0 Å². The number of ether oxygens (including phenoxy) is 2. The molecule has 0 unspecified atom stereocenters. The fourth-order valence-corrected chi connectivity index (χ4v) is 2.78. The number of rotatable bonds is 9. The van der Waals surface area contributed by atoms with Gasteiger partial charge in [0.2, 0.25) is 0 Å². The lowest BCUT2D eigenvalue weighted by atomic mass is 10.1. The Bertz CT molecular complexity index is 485. The van der Waals surface area contributed by atoms with E-state index in [-0.39, 0.29) is 0 Å². The summed E-state index contributed by atoms with van der Waals surface area (Å²) in [5.41, 5.74) is 1.05. The lowest BCUT2D eigenvalue weighted by Crippen LogP contribution is -2.38. The molecule has 2 rings (SSSR count). The number of nitrogens with zero attached hydrogens (tertiary/aromatic N) is 1. The Balaban J connectivity index is 1.64. The van der Waals surface area contributed by atoms with E-state index in [1.54, 1.807) is 0 Å². The van der Waals surface area contributed by atoms with Gasteiger partial charge in [0.15, 0.2) is 0 Å². The Hall–Kier alpha value is -1.17. The van der Waals surface area contributed by atoms with Crippen molar-refractivity contribution in [3.05, 3.63) is 29.8 Å². The Morgan fingerprint density at radius 2 is 1.96 bits per heavy atom. The first-order valence-corrected chi connectivity index (χ1v) is 9.37. The molecule has 5 heteroatoms. The molecule has 1 aliphatic heterocycles. The lowest BCUT2D eigenvalue weighted by molar-refractivity contribution is 0.0376. The summed E-state index contributed by atoms with van der Waals surface area (Å²) in [5, 5.41) is 3.35. The van der Waals surface area contributed by atoms with Gasteiger partial charge in [-0.1, -0.05) is 26.1 Å². The van der Waals surface area contributed by atoms with Crippen molar-refractivity contribution >= 4 is 17.2 Å². The molecule has 24 heavy (non-hydrogen) atoms. The van der Waals surface area contributed by atoms with Gasteiger partial charge in [-0.05, 0) is 49.6 Å². The minimum atomic E-state index is 0.665. The zero-order valence-corrected chi connectivity index (χ0v) is 15.7. The summed E-state index contributed by atoms with van der Waals surface area (Å²) in [6.45, 7) is 11.0. The predicted molar refractivity (Wildman–Crippen MR) is 103 cm³/mol. The van der Waals surface area contributed by atoms with E-state index in [1.165, 1.54) is 0 Å². The maximum absolute atomic E-state index is 5.74. The summed E-state index contributed by atoms with van der Waals surface area (Å²) >= 11 is 5.47. The van der Waals surface area contributed by atoms with Crippen LogP contribution in [0, 0.1) is 5.92 Å². The van der Waals surface area contributed by atoms with Crippen molar-refractivity contribution in [3.8, 4) is 5.75 Å². The van der Waals surface area contributed by atoms with Crippen molar-refractivity contribution in [2.75, 3.05) is 46.0 Å². The van der Waals surface area contributed by atoms with E-state index in [0.29, 0.717) is 5.92 Å². The molecular weight excluding hydrogens is 320 g/mol. The van der Waals surface area contributed by atoms with Gasteiger partial charge in [0, 0.05) is 25.2 Å². The third kappa shape index (κ3) is 7.16. The molecule has 0 bridgehead atoms. The molecule has 0 saturated carbocycles. The Morgan fingerprint density at radius 1 is 1.25 bits per heavy atom. The van der Waals surface area contributed by atoms with Crippen LogP contribution in [0.5, 0.6) is 5.75 Å². The molecule has 0 aromatic heterocycles. The summed E-state index contributed by atoms with van der Waals surface area (Å²) in [4.78, 5) is 3.25. The molecule has 1 N–H and O–H groups in total. The second-order valence-corrected chi connectivity index (χ2v) is 7.03. The van der Waals surface area contributed by atoms with Crippen LogP contribution in [0.1, 0.15) is 32.3 Å². The summed E-state index contributed by atoms with van der Waals surface area (Å²) in [6.07, 6.45) is 2.17. The maximum atomic E-state index is 5.74. The molecule has 134 valence electrons. The molecule has 0 amide bonds. The van der Waals surface area contributed by atoms with Gasteiger partial charge in [0.1, 0.15) is 10.7 Å². The summed E-state index contributed by atoms with van der Waals surface area (Å²) in [5.74, 6) is 1.58. The zero-order valence-electron chi connectivity index (χ0n) is 14.9. The Morgan fingerprint density at radius 3 is 2.62 bits per heavy atom. The highest BCUT2D eigenvalue weighted by molar-refractivity contribution is 7.80. The average molecular weight is 351 g/mol. The highest BCUT2D eigenvalue weighted by Gasteiger charge is 2.09. The third-order valence-electron chi connectivity index (χ3n) is 4.12. The Labute approximate surface area is 151 Å². The molecule has 4 nitrogen and oxygen atoms in total. The SMILES string of the molecule is CC(C)CCOc1ccc(C(=S)NCCCN2CCOCC2)cc1. The fraction of sp³-hybridized carbons (Fsp3) is 0.632. The van der Waals surface area contributed by atoms with Crippen molar-refractivity contribution in [2.45, 2.75) is 26.7 Å². The largest absolute Gasteiger partial charge is 0.494 e. The van der Waals surface area contributed by atoms with Gasteiger partial charge in [0.05, 0.1) is 19.8 Å². The van der Waals surface area contributed by atoms with Crippen LogP contribution >= 0.6 is 12.2 Å². The maximum Gasteiger partial charge on any atom is 0.119 e. The minimum absolute atomic E-state index is 0.665. The van der Waals surface area contributed by atoms with Gasteiger partial charge >= 0.3 is 0 Å². The van der Waals surface area contributed by atoms with E-state index >= 15 is 0 Å². The van der Waals surface area contributed by atoms with Crippen molar-refractivity contribution in [3.63, 3.8) is 0 Å². The van der Waals surface area contributed by atoms with E-state index in [4.69, 9.17) is 21.7 Å². The van der Waals surface area contributed by atoms with Crippen molar-refractivity contribution in [1.82, 2.24) is 10.2 Å². The molecule has 0 aliphatic carbocycles. The van der Waals surface area contributed by atoms with E-state index < -0.39 is 0 Å². The number of nitrogens with one attached hydrogen (secondary N) is 1. The molecule has 1 aromatic rings. The molecule has 1 heterocycles. The summed E-state index contributed by atoms with van der Waals surface area (Å²) < 4.78 is 11.1. The fourth-order valence-electron chi connectivity index (χ4n) is 2.55. The number of hydrogen-bond donors (Lipinski definition) is 1. The number of benzene rings is 1. The normalized spacial score (nSPS) is 15.5. The van der Waals surface area contributed by atoms with Crippen LogP contribution in [-0.4, -0.2) is 55.9 Å². The van der Waals surface area contributed by atoms with E-state index in [0.717, 1.165) is 75.1 Å². The van der Waals surface area contributed by atoms with Gasteiger partial charge in [-0.25, -0.2) is 0 Å². The lowest BCUT2D eigenvalue weighted by Gasteiger charge is -2.26. The Kier molecular flexibility index (Phi) is 8.50. The van der Waals surface area contributed by atoms with Crippen molar-refractivity contribution < 1.29 is 9.47 Å². The van der Waals surface area contributed by atoms with Crippen LogP contribution in [0.4, 0.5) is 0 Å². The molecule has 0 atom stereocenters. The summed E-state index contributed by atoms with van der Waals surface area (Å²) in [6, 6.07) is 8.05. The topological polar surface area (TPSA) is 33.7 Å². The van der Waals surface area contributed by atoms with E-state index in [9.17, 15) is 0 Å². The molecule has 0 radical (unpaired) electrons. The number of thiocarbonyl (C=S) groups is 1. The van der Waals surface area contributed by atoms with Crippen molar-refractivity contribution in [1.29, 1.82) is 0 Å². The number of hydrogen-bond acceptors (Lipinski definition) is 4. The van der Waals surface area contributed by atoms with Crippen LogP contribution < -0.4 is 10.1 Å². The molecule has 1 aromatic carbocycles. The first-order valence-electron chi connectivity index (χ1n) is 8.96. The second-order valence-electron chi connectivity index (χ2n) is 6.62.